The molecule has 39 heavy (non-hydrogen) atoms. The first-order valence-corrected chi connectivity index (χ1v) is 14.2. The molecule has 202 valence electrons. The topological polar surface area (TPSA) is 92.3 Å². The molecule has 0 spiro atoms. The maximum Gasteiger partial charge on any atom is 0.251 e. The van der Waals surface area contributed by atoms with Gasteiger partial charge in [0.15, 0.2) is 9.84 Å². The van der Waals surface area contributed by atoms with E-state index in [-0.39, 0.29) is 22.6 Å². The summed E-state index contributed by atoms with van der Waals surface area (Å²) in [5.41, 5.74) is 1.06. The monoisotopic (exact) mass is 546 g/mol. The van der Waals surface area contributed by atoms with Crippen LogP contribution in [0.25, 0.3) is 10.8 Å². The van der Waals surface area contributed by atoms with Crippen LogP contribution in [0.3, 0.4) is 0 Å². The summed E-state index contributed by atoms with van der Waals surface area (Å²) in [5.74, 6) is -1.47. The van der Waals surface area contributed by atoms with Crippen LogP contribution in [0, 0.1) is 11.2 Å². The van der Waals surface area contributed by atoms with E-state index in [0.29, 0.717) is 16.5 Å². The van der Waals surface area contributed by atoms with Gasteiger partial charge in [0.2, 0.25) is 5.91 Å². The summed E-state index contributed by atoms with van der Waals surface area (Å²) in [6.45, 7) is 5.61. The van der Waals surface area contributed by atoms with E-state index in [9.17, 15) is 22.4 Å². The number of hydrogen-bond acceptors (Lipinski definition) is 4. The molecule has 4 aromatic rings. The van der Waals surface area contributed by atoms with Gasteiger partial charge in [-0.2, -0.15) is 0 Å². The second-order valence-electron chi connectivity index (χ2n) is 10.7. The summed E-state index contributed by atoms with van der Waals surface area (Å²) in [5, 5.41) is 6.73. The first-order valence-electron chi connectivity index (χ1n) is 12.6. The summed E-state index contributed by atoms with van der Waals surface area (Å²) in [6, 6.07) is 23.5. The lowest BCUT2D eigenvalue weighted by molar-refractivity contribution is -0.118. The number of amides is 2. The molecule has 2 N–H and O–H groups in total. The van der Waals surface area contributed by atoms with Gasteiger partial charge >= 0.3 is 0 Å². The Bertz CT molecular complexity index is 1600. The lowest BCUT2D eigenvalue weighted by Crippen LogP contribution is -2.45. The highest BCUT2D eigenvalue weighted by Crippen LogP contribution is 2.31. The molecule has 0 saturated heterocycles. The van der Waals surface area contributed by atoms with Gasteiger partial charge in [0.1, 0.15) is 11.9 Å². The molecule has 6 nitrogen and oxygen atoms in total. The SMILES string of the molecule is CC(C)(C)CS(=O)(=O)c1cccc2c(NC(=O)[C@H](Cc3ccccc3)NC(=O)c3ccc(F)cc3)cccc12. The zero-order valence-corrected chi connectivity index (χ0v) is 22.9. The lowest BCUT2D eigenvalue weighted by Gasteiger charge is -2.21. The molecule has 0 bridgehead atoms. The Morgan fingerprint density at radius 3 is 2.13 bits per heavy atom. The van der Waals surface area contributed by atoms with Crippen LogP contribution in [0.1, 0.15) is 36.7 Å². The van der Waals surface area contributed by atoms with Crippen LogP contribution in [0.4, 0.5) is 10.1 Å². The molecule has 4 rings (SSSR count). The summed E-state index contributed by atoms with van der Waals surface area (Å²) in [7, 11) is -3.59. The number of anilines is 1. The Morgan fingerprint density at radius 1 is 0.821 bits per heavy atom. The number of carbonyl (C=O) groups excluding carboxylic acids is 2. The van der Waals surface area contributed by atoms with Crippen molar-refractivity contribution in [2.75, 3.05) is 11.1 Å². The molecule has 8 heteroatoms. The Labute approximate surface area is 228 Å². The fraction of sp³-hybridized carbons (Fsp3) is 0.226. The highest BCUT2D eigenvalue weighted by atomic mass is 32.2. The molecular weight excluding hydrogens is 515 g/mol. The van der Waals surface area contributed by atoms with Crippen molar-refractivity contribution < 1.29 is 22.4 Å². The first-order chi connectivity index (χ1) is 18.4. The zero-order chi connectivity index (χ0) is 28.2. The van der Waals surface area contributed by atoms with Crippen molar-refractivity contribution in [3.05, 3.63) is 108 Å². The summed E-state index contributed by atoms with van der Waals surface area (Å²) in [6.07, 6.45) is 0.218. The molecule has 0 unspecified atom stereocenters. The van der Waals surface area contributed by atoms with Crippen LogP contribution in [0.5, 0.6) is 0 Å². The fourth-order valence-electron chi connectivity index (χ4n) is 4.43. The third-order valence-electron chi connectivity index (χ3n) is 6.11. The number of carbonyl (C=O) groups is 2. The van der Waals surface area contributed by atoms with Gasteiger partial charge in [-0.3, -0.25) is 9.59 Å². The molecule has 2 amide bonds. The van der Waals surface area contributed by atoms with Crippen molar-refractivity contribution in [2.45, 2.75) is 38.1 Å². The van der Waals surface area contributed by atoms with Crippen molar-refractivity contribution >= 4 is 38.1 Å². The maximum absolute atomic E-state index is 13.5. The van der Waals surface area contributed by atoms with Crippen LogP contribution in [0.15, 0.2) is 95.9 Å². The predicted octanol–water partition coefficient (Wildman–Crippen LogP) is 5.78. The van der Waals surface area contributed by atoms with Gasteiger partial charge < -0.3 is 10.6 Å². The normalized spacial score (nSPS) is 12.6. The average molecular weight is 547 g/mol. The van der Waals surface area contributed by atoms with E-state index in [1.54, 1.807) is 36.4 Å². The van der Waals surface area contributed by atoms with E-state index in [0.717, 1.165) is 5.56 Å². The van der Waals surface area contributed by atoms with Gasteiger partial charge in [0, 0.05) is 28.4 Å². The number of rotatable bonds is 8. The minimum Gasteiger partial charge on any atom is -0.340 e. The van der Waals surface area contributed by atoms with Crippen molar-refractivity contribution in [1.29, 1.82) is 0 Å². The molecule has 0 aromatic heterocycles. The molecular formula is C31H31FN2O4S. The van der Waals surface area contributed by atoms with Gasteiger partial charge in [-0.25, -0.2) is 12.8 Å². The van der Waals surface area contributed by atoms with E-state index in [4.69, 9.17) is 0 Å². The van der Waals surface area contributed by atoms with Crippen LogP contribution in [-0.4, -0.2) is 32.0 Å². The summed E-state index contributed by atoms with van der Waals surface area (Å²) >= 11 is 0. The van der Waals surface area contributed by atoms with E-state index >= 15 is 0 Å². The van der Waals surface area contributed by atoms with E-state index in [1.807, 2.05) is 51.1 Å². The molecule has 0 aliphatic rings. The minimum absolute atomic E-state index is 0.0235. The first kappa shape index (κ1) is 28.0. The third kappa shape index (κ3) is 7.09. The smallest absolute Gasteiger partial charge is 0.251 e. The fourth-order valence-corrected chi connectivity index (χ4v) is 6.53. The van der Waals surface area contributed by atoms with Crippen LogP contribution >= 0.6 is 0 Å². The lowest BCUT2D eigenvalue weighted by atomic mass is 10.0. The third-order valence-corrected chi connectivity index (χ3v) is 8.38. The number of fused-ring (bicyclic) bond motifs is 1. The van der Waals surface area contributed by atoms with E-state index < -0.39 is 38.9 Å². The molecule has 0 saturated carbocycles. The molecule has 1 atom stereocenters. The number of nitrogens with one attached hydrogen (secondary N) is 2. The van der Waals surface area contributed by atoms with Gasteiger partial charge in [-0.1, -0.05) is 75.4 Å². The number of sulfone groups is 1. The largest absolute Gasteiger partial charge is 0.340 e. The standard InChI is InChI=1S/C31H31FN2O4S/c1-31(2,3)20-39(37,38)28-14-8-11-24-25(28)12-7-13-26(24)33-30(36)27(19-21-9-5-4-6-10-21)34-29(35)22-15-17-23(32)18-16-22/h4-18,27H,19-20H2,1-3H3,(H,33,36)(H,34,35)/t27-/m0/s1. The summed E-state index contributed by atoms with van der Waals surface area (Å²) in [4.78, 5) is 26.7. The predicted molar refractivity (Wildman–Crippen MR) is 152 cm³/mol. The zero-order valence-electron chi connectivity index (χ0n) is 22.1. The molecule has 0 aliphatic carbocycles. The molecule has 0 heterocycles. The number of hydrogen-bond donors (Lipinski definition) is 2. The van der Waals surface area contributed by atoms with Gasteiger partial charge in [0.25, 0.3) is 5.91 Å². The Morgan fingerprint density at radius 2 is 1.46 bits per heavy atom. The van der Waals surface area contributed by atoms with Gasteiger partial charge in [0.05, 0.1) is 10.6 Å². The molecule has 0 fully saturated rings. The molecule has 4 aromatic carbocycles. The van der Waals surface area contributed by atoms with E-state index in [1.165, 1.54) is 24.3 Å². The van der Waals surface area contributed by atoms with Gasteiger partial charge in [-0.05, 0) is 47.4 Å². The molecule has 0 aliphatic heterocycles. The number of benzene rings is 4. The Hall–Kier alpha value is -4.04. The van der Waals surface area contributed by atoms with Crippen LogP contribution in [0.2, 0.25) is 0 Å². The van der Waals surface area contributed by atoms with Crippen molar-refractivity contribution in [1.82, 2.24) is 5.32 Å². The minimum atomic E-state index is -3.59. The maximum atomic E-state index is 13.5. The van der Waals surface area contributed by atoms with E-state index in [2.05, 4.69) is 10.6 Å². The second-order valence-corrected chi connectivity index (χ2v) is 12.6. The average Bonchev–Trinajstić information content (AvgIpc) is 2.87. The van der Waals surface area contributed by atoms with Crippen molar-refractivity contribution in [3.63, 3.8) is 0 Å². The number of halogens is 1. The second kappa shape index (κ2) is 11.4. The molecule has 0 radical (unpaired) electrons. The summed E-state index contributed by atoms with van der Waals surface area (Å²) < 4.78 is 39.8. The highest BCUT2D eigenvalue weighted by molar-refractivity contribution is 7.91. The van der Waals surface area contributed by atoms with Gasteiger partial charge in [-0.15, -0.1) is 0 Å². The van der Waals surface area contributed by atoms with Crippen molar-refractivity contribution in [3.8, 4) is 0 Å². The van der Waals surface area contributed by atoms with Crippen molar-refractivity contribution in [2.24, 2.45) is 5.41 Å². The van der Waals surface area contributed by atoms with Crippen LogP contribution in [-0.2, 0) is 21.1 Å². The van der Waals surface area contributed by atoms with Crippen LogP contribution < -0.4 is 10.6 Å². The quantitative estimate of drug-likeness (QED) is 0.293. The highest BCUT2D eigenvalue weighted by Gasteiger charge is 2.26. The Kier molecular flexibility index (Phi) is 8.16. The Balaban J connectivity index is 1.65.